The topological polar surface area (TPSA) is 58.8 Å². The van der Waals surface area contributed by atoms with Crippen molar-refractivity contribution in [3.63, 3.8) is 0 Å². The summed E-state index contributed by atoms with van der Waals surface area (Å²) in [5.41, 5.74) is 3.60. The van der Waals surface area contributed by atoms with Gasteiger partial charge in [0, 0.05) is 18.7 Å². The molecule has 5 nitrogen and oxygen atoms in total. The van der Waals surface area contributed by atoms with Gasteiger partial charge in [0.05, 0.1) is 22.4 Å². The van der Waals surface area contributed by atoms with Crippen molar-refractivity contribution in [3.8, 4) is 11.3 Å². The van der Waals surface area contributed by atoms with E-state index >= 15 is 0 Å². The van der Waals surface area contributed by atoms with Gasteiger partial charge in [-0.2, -0.15) is 5.10 Å². The third-order valence-electron chi connectivity index (χ3n) is 3.70. The molecule has 1 atom stereocenters. The SMILES string of the molecule is S=C(NCC1CCCO1)NN=Cc1ccc(-c2ccc(Cl)c(Cl)c2)o1. The van der Waals surface area contributed by atoms with E-state index < -0.39 is 0 Å². The highest BCUT2D eigenvalue weighted by molar-refractivity contribution is 7.80. The number of hydrogen-bond donors (Lipinski definition) is 2. The van der Waals surface area contributed by atoms with Crippen LogP contribution in [0.25, 0.3) is 11.3 Å². The van der Waals surface area contributed by atoms with E-state index in [1.54, 1.807) is 18.3 Å². The van der Waals surface area contributed by atoms with Gasteiger partial charge in [0.15, 0.2) is 5.11 Å². The molecule has 25 heavy (non-hydrogen) atoms. The molecule has 2 heterocycles. The van der Waals surface area contributed by atoms with Crippen LogP contribution in [0.5, 0.6) is 0 Å². The molecule has 1 aliphatic heterocycles. The summed E-state index contributed by atoms with van der Waals surface area (Å²) in [5.74, 6) is 1.27. The van der Waals surface area contributed by atoms with E-state index in [1.165, 1.54) is 0 Å². The molecule has 3 rings (SSSR count). The van der Waals surface area contributed by atoms with E-state index in [4.69, 9.17) is 44.6 Å². The van der Waals surface area contributed by atoms with E-state index in [9.17, 15) is 0 Å². The van der Waals surface area contributed by atoms with Gasteiger partial charge in [-0.05, 0) is 55.4 Å². The molecule has 0 aliphatic carbocycles. The van der Waals surface area contributed by atoms with Gasteiger partial charge >= 0.3 is 0 Å². The lowest BCUT2D eigenvalue weighted by molar-refractivity contribution is 0.114. The fourth-order valence-electron chi connectivity index (χ4n) is 2.43. The van der Waals surface area contributed by atoms with Crippen LogP contribution in [0, 0.1) is 0 Å². The average Bonchev–Trinajstić information content (AvgIpc) is 3.27. The summed E-state index contributed by atoms with van der Waals surface area (Å²) < 4.78 is 11.2. The van der Waals surface area contributed by atoms with Crippen molar-refractivity contribution in [2.45, 2.75) is 18.9 Å². The number of benzene rings is 1. The molecule has 0 amide bonds. The Morgan fingerprint density at radius 2 is 2.16 bits per heavy atom. The molecule has 2 aromatic rings. The van der Waals surface area contributed by atoms with Crippen LogP contribution in [0.1, 0.15) is 18.6 Å². The molecular formula is C17H17Cl2N3O2S. The van der Waals surface area contributed by atoms with Crippen LogP contribution < -0.4 is 10.7 Å². The zero-order chi connectivity index (χ0) is 17.6. The van der Waals surface area contributed by atoms with Crippen molar-refractivity contribution in [3.05, 3.63) is 46.1 Å². The van der Waals surface area contributed by atoms with Gasteiger partial charge in [0.25, 0.3) is 0 Å². The maximum absolute atomic E-state index is 6.03. The second kappa shape index (κ2) is 8.67. The highest BCUT2D eigenvalue weighted by Gasteiger charge is 2.15. The fourth-order valence-corrected chi connectivity index (χ4v) is 2.87. The Bertz CT molecular complexity index is 773. The lowest BCUT2D eigenvalue weighted by atomic mass is 10.2. The molecule has 0 saturated carbocycles. The van der Waals surface area contributed by atoms with Crippen molar-refractivity contribution in [1.82, 2.24) is 10.7 Å². The zero-order valence-electron chi connectivity index (χ0n) is 13.3. The lowest BCUT2D eigenvalue weighted by Gasteiger charge is -2.11. The van der Waals surface area contributed by atoms with Crippen molar-refractivity contribution >= 4 is 46.7 Å². The van der Waals surface area contributed by atoms with Crippen molar-refractivity contribution in [2.24, 2.45) is 5.10 Å². The summed E-state index contributed by atoms with van der Waals surface area (Å²) in [7, 11) is 0. The number of hydrazone groups is 1. The number of furan rings is 1. The molecule has 1 aromatic heterocycles. The van der Waals surface area contributed by atoms with Crippen LogP contribution in [0.15, 0.2) is 39.9 Å². The summed E-state index contributed by atoms with van der Waals surface area (Å²) in [6.45, 7) is 1.51. The first-order chi connectivity index (χ1) is 12.1. The van der Waals surface area contributed by atoms with E-state index in [0.717, 1.165) is 25.0 Å². The Morgan fingerprint density at radius 3 is 2.92 bits per heavy atom. The summed E-state index contributed by atoms with van der Waals surface area (Å²) >= 11 is 17.1. The quantitative estimate of drug-likeness (QED) is 0.449. The van der Waals surface area contributed by atoms with Gasteiger partial charge in [-0.3, -0.25) is 5.43 Å². The first-order valence-electron chi connectivity index (χ1n) is 7.85. The predicted molar refractivity (Wildman–Crippen MR) is 104 cm³/mol. The molecule has 1 unspecified atom stereocenters. The zero-order valence-corrected chi connectivity index (χ0v) is 15.6. The van der Waals surface area contributed by atoms with Gasteiger partial charge in [-0.25, -0.2) is 0 Å². The number of nitrogens with zero attached hydrogens (tertiary/aromatic N) is 1. The summed E-state index contributed by atoms with van der Waals surface area (Å²) in [4.78, 5) is 0. The largest absolute Gasteiger partial charge is 0.455 e. The Morgan fingerprint density at radius 1 is 1.28 bits per heavy atom. The molecule has 2 N–H and O–H groups in total. The Hall–Kier alpha value is -1.60. The van der Waals surface area contributed by atoms with E-state index in [0.29, 0.717) is 33.2 Å². The van der Waals surface area contributed by atoms with Gasteiger partial charge in [0.2, 0.25) is 0 Å². The summed E-state index contributed by atoms with van der Waals surface area (Å²) in [6, 6.07) is 8.98. The Labute approximate surface area is 161 Å². The highest BCUT2D eigenvalue weighted by Crippen LogP contribution is 2.29. The Balaban J connectivity index is 1.51. The number of thiocarbonyl (C=S) groups is 1. The number of rotatable bonds is 5. The van der Waals surface area contributed by atoms with Crippen LogP contribution >= 0.6 is 35.4 Å². The van der Waals surface area contributed by atoms with E-state index in [-0.39, 0.29) is 6.10 Å². The molecule has 1 aromatic carbocycles. The minimum atomic E-state index is 0.225. The average molecular weight is 398 g/mol. The second-order valence-corrected chi connectivity index (χ2v) is 6.77. The number of hydrogen-bond acceptors (Lipinski definition) is 4. The minimum absolute atomic E-state index is 0.225. The smallest absolute Gasteiger partial charge is 0.187 e. The molecule has 0 bridgehead atoms. The first-order valence-corrected chi connectivity index (χ1v) is 9.02. The maximum Gasteiger partial charge on any atom is 0.187 e. The molecule has 1 saturated heterocycles. The third kappa shape index (κ3) is 5.19. The number of ether oxygens (including phenoxy) is 1. The molecule has 0 spiro atoms. The van der Waals surface area contributed by atoms with Crippen LogP contribution in [0.2, 0.25) is 10.0 Å². The first kappa shape index (κ1) is 18.2. The van der Waals surface area contributed by atoms with Crippen molar-refractivity contribution in [1.29, 1.82) is 0 Å². The molecule has 8 heteroatoms. The minimum Gasteiger partial charge on any atom is -0.455 e. The van der Waals surface area contributed by atoms with E-state index in [1.807, 2.05) is 18.2 Å². The predicted octanol–water partition coefficient (Wildman–Crippen LogP) is 4.23. The molecule has 1 aliphatic rings. The van der Waals surface area contributed by atoms with Crippen LogP contribution in [-0.4, -0.2) is 30.6 Å². The monoisotopic (exact) mass is 397 g/mol. The summed E-state index contributed by atoms with van der Waals surface area (Å²) in [6.07, 6.45) is 3.94. The van der Waals surface area contributed by atoms with Gasteiger partial charge in [-0.1, -0.05) is 23.2 Å². The maximum atomic E-state index is 6.03. The van der Waals surface area contributed by atoms with Crippen molar-refractivity contribution in [2.75, 3.05) is 13.2 Å². The van der Waals surface area contributed by atoms with Crippen molar-refractivity contribution < 1.29 is 9.15 Å². The molecule has 132 valence electrons. The fraction of sp³-hybridized carbons (Fsp3) is 0.294. The normalized spacial score (nSPS) is 17.1. The molecule has 0 radical (unpaired) electrons. The lowest BCUT2D eigenvalue weighted by Crippen LogP contribution is -2.37. The van der Waals surface area contributed by atoms with Gasteiger partial charge < -0.3 is 14.5 Å². The molecule has 1 fully saturated rings. The Kier molecular flexibility index (Phi) is 6.31. The second-order valence-electron chi connectivity index (χ2n) is 5.55. The number of halogens is 2. The standard InChI is InChI=1S/C17H17Cl2N3O2S/c18-14-5-3-11(8-15(14)19)16-6-4-13(24-16)10-21-22-17(25)20-9-12-2-1-7-23-12/h3-6,8,10,12H,1-2,7,9H2,(H2,20,22,25). The third-order valence-corrected chi connectivity index (χ3v) is 4.68. The van der Waals surface area contributed by atoms with Gasteiger partial charge in [0.1, 0.15) is 11.5 Å². The highest BCUT2D eigenvalue weighted by atomic mass is 35.5. The van der Waals surface area contributed by atoms with Crippen LogP contribution in [0.3, 0.4) is 0 Å². The molecular weight excluding hydrogens is 381 g/mol. The van der Waals surface area contributed by atoms with Crippen LogP contribution in [-0.2, 0) is 4.74 Å². The summed E-state index contributed by atoms with van der Waals surface area (Å²) in [5, 5.41) is 8.58. The number of nitrogens with one attached hydrogen (secondary N) is 2. The van der Waals surface area contributed by atoms with Crippen LogP contribution in [0.4, 0.5) is 0 Å². The van der Waals surface area contributed by atoms with E-state index in [2.05, 4.69) is 15.8 Å². The van der Waals surface area contributed by atoms with Gasteiger partial charge in [-0.15, -0.1) is 0 Å².